The molecule has 1 aromatic heterocycles. The molecule has 2 aromatic carbocycles. The van der Waals surface area contributed by atoms with Crippen LogP contribution in [0.25, 0.3) is 10.1 Å². The molecule has 3 aromatic rings. The molecule has 0 radical (unpaired) electrons. The van der Waals surface area contributed by atoms with Crippen molar-refractivity contribution >= 4 is 43.0 Å². The molecule has 24 heavy (non-hydrogen) atoms. The molecule has 2 N–H and O–H groups in total. The van der Waals surface area contributed by atoms with E-state index in [0.29, 0.717) is 4.88 Å². The molecule has 7 heteroatoms. The van der Waals surface area contributed by atoms with Gasteiger partial charge in [-0.2, -0.15) is 0 Å². The maximum absolute atomic E-state index is 12.4. The minimum atomic E-state index is -3.80. The van der Waals surface area contributed by atoms with E-state index in [9.17, 15) is 13.5 Å². The van der Waals surface area contributed by atoms with E-state index in [0.717, 1.165) is 10.1 Å². The fraction of sp³-hybridized carbons (Fsp3) is 0.176. The van der Waals surface area contributed by atoms with E-state index < -0.39 is 15.6 Å². The summed E-state index contributed by atoms with van der Waals surface area (Å²) < 4.78 is 28.3. The number of sulfonamides is 1. The maximum Gasteiger partial charge on any atom is 0.242 e. The third-order valence-electron chi connectivity index (χ3n) is 3.69. The van der Waals surface area contributed by atoms with Crippen molar-refractivity contribution in [3.05, 3.63) is 64.5 Å². The number of hydrogen-bond donors (Lipinski definition) is 2. The lowest BCUT2D eigenvalue weighted by atomic mass is 10.1. The molecule has 0 saturated heterocycles. The summed E-state index contributed by atoms with van der Waals surface area (Å²) in [5, 5.41) is 11.9. The lowest BCUT2D eigenvalue weighted by molar-refractivity contribution is 0.0666. The number of halogens is 1. The van der Waals surface area contributed by atoms with Gasteiger partial charge in [-0.1, -0.05) is 41.9 Å². The van der Waals surface area contributed by atoms with Gasteiger partial charge in [0.15, 0.2) is 0 Å². The lowest BCUT2D eigenvalue weighted by Gasteiger charge is -2.22. The molecule has 0 unspecified atom stereocenters. The van der Waals surface area contributed by atoms with E-state index in [1.54, 1.807) is 19.1 Å². The van der Waals surface area contributed by atoms with E-state index in [4.69, 9.17) is 11.6 Å². The highest BCUT2D eigenvalue weighted by Crippen LogP contribution is 2.33. The molecular weight excluding hydrogens is 366 g/mol. The predicted molar refractivity (Wildman–Crippen MR) is 98.0 cm³/mol. The van der Waals surface area contributed by atoms with E-state index in [1.165, 1.54) is 23.5 Å². The van der Waals surface area contributed by atoms with Gasteiger partial charge >= 0.3 is 0 Å². The summed E-state index contributed by atoms with van der Waals surface area (Å²) in [5.74, 6) is 0. The molecule has 1 heterocycles. The van der Waals surface area contributed by atoms with Crippen LogP contribution in [-0.4, -0.2) is 20.1 Å². The average molecular weight is 382 g/mol. The largest absolute Gasteiger partial charge is 0.383 e. The molecule has 0 aliphatic heterocycles. The van der Waals surface area contributed by atoms with Crippen molar-refractivity contribution in [1.29, 1.82) is 0 Å². The van der Waals surface area contributed by atoms with E-state index in [-0.39, 0.29) is 16.5 Å². The minimum absolute atomic E-state index is 0.00110. The van der Waals surface area contributed by atoms with Gasteiger partial charge < -0.3 is 5.11 Å². The summed E-state index contributed by atoms with van der Waals surface area (Å²) in [6.45, 7) is 1.44. The van der Waals surface area contributed by atoms with Crippen molar-refractivity contribution in [2.24, 2.45) is 0 Å². The summed E-state index contributed by atoms with van der Waals surface area (Å²) in [6, 6.07) is 15.9. The third-order valence-corrected chi connectivity index (χ3v) is 6.96. The van der Waals surface area contributed by atoms with Gasteiger partial charge in [0, 0.05) is 16.1 Å². The SMILES string of the molecule is C[C@@](O)(CNS(=O)(=O)c1ccccc1Cl)c1cc2ccccc2s1. The van der Waals surface area contributed by atoms with Crippen LogP contribution in [-0.2, 0) is 15.6 Å². The number of thiophene rings is 1. The number of hydrogen-bond acceptors (Lipinski definition) is 4. The van der Waals surface area contributed by atoms with Crippen LogP contribution in [0.2, 0.25) is 5.02 Å². The highest BCUT2D eigenvalue weighted by atomic mass is 35.5. The van der Waals surface area contributed by atoms with Crippen LogP contribution < -0.4 is 4.72 Å². The van der Waals surface area contributed by atoms with Crippen molar-refractivity contribution in [1.82, 2.24) is 4.72 Å². The molecule has 0 fully saturated rings. The van der Waals surface area contributed by atoms with Gasteiger partial charge in [0.1, 0.15) is 10.5 Å². The van der Waals surface area contributed by atoms with Crippen LogP contribution in [0.15, 0.2) is 59.5 Å². The van der Waals surface area contributed by atoms with Crippen LogP contribution in [0.3, 0.4) is 0 Å². The lowest BCUT2D eigenvalue weighted by Crippen LogP contribution is -2.38. The minimum Gasteiger partial charge on any atom is -0.383 e. The number of benzene rings is 2. The van der Waals surface area contributed by atoms with Gasteiger partial charge in [0.25, 0.3) is 0 Å². The topological polar surface area (TPSA) is 66.4 Å². The van der Waals surface area contributed by atoms with Crippen LogP contribution in [0.4, 0.5) is 0 Å². The fourth-order valence-corrected chi connectivity index (χ4v) is 5.07. The fourth-order valence-electron chi connectivity index (χ4n) is 2.31. The number of nitrogens with one attached hydrogen (secondary N) is 1. The Labute approximate surface area is 149 Å². The first kappa shape index (κ1) is 17.4. The molecule has 0 saturated carbocycles. The zero-order valence-corrected chi connectivity index (χ0v) is 15.3. The normalized spacial score (nSPS) is 14.6. The highest BCUT2D eigenvalue weighted by molar-refractivity contribution is 7.89. The maximum atomic E-state index is 12.4. The van der Waals surface area contributed by atoms with Gasteiger partial charge in [-0.15, -0.1) is 11.3 Å². The van der Waals surface area contributed by atoms with Crippen molar-refractivity contribution in [2.75, 3.05) is 6.54 Å². The Morgan fingerprint density at radius 1 is 1.17 bits per heavy atom. The summed E-state index contributed by atoms with van der Waals surface area (Å²) in [4.78, 5) is 0.698. The Bertz CT molecular complexity index is 947. The smallest absolute Gasteiger partial charge is 0.242 e. The second-order valence-corrected chi connectivity index (χ2v) is 8.90. The monoisotopic (exact) mass is 381 g/mol. The van der Waals surface area contributed by atoms with E-state index >= 15 is 0 Å². The molecule has 3 rings (SSSR count). The molecule has 4 nitrogen and oxygen atoms in total. The molecule has 0 aliphatic carbocycles. The second kappa shape index (κ2) is 6.46. The van der Waals surface area contributed by atoms with Crippen molar-refractivity contribution in [3.8, 4) is 0 Å². The predicted octanol–water partition coefficient (Wildman–Crippen LogP) is 3.74. The highest BCUT2D eigenvalue weighted by Gasteiger charge is 2.28. The van der Waals surface area contributed by atoms with E-state index in [2.05, 4.69) is 4.72 Å². The molecule has 0 spiro atoms. The number of rotatable bonds is 5. The Kier molecular flexibility index (Phi) is 4.68. The van der Waals surface area contributed by atoms with Crippen molar-refractivity contribution < 1.29 is 13.5 Å². The van der Waals surface area contributed by atoms with Gasteiger partial charge in [0.05, 0.1) is 5.02 Å². The van der Waals surface area contributed by atoms with Crippen LogP contribution in [0, 0.1) is 0 Å². The molecule has 0 bridgehead atoms. The Balaban J connectivity index is 1.83. The van der Waals surface area contributed by atoms with Gasteiger partial charge in [-0.05, 0) is 36.6 Å². The standard InChI is InChI=1S/C17H16ClNO3S2/c1-17(20,16-10-12-6-2-4-8-14(12)23-16)11-19-24(21,22)15-9-5-3-7-13(15)18/h2-10,19-20H,11H2,1H3/t17-/m1/s1. The third kappa shape index (κ3) is 3.48. The van der Waals surface area contributed by atoms with Crippen molar-refractivity contribution in [3.63, 3.8) is 0 Å². The Morgan fingerprint density at radius 2 is 1.83 bits per heavy atom. The van der Waals surface area contributed by atoms with Gasteiger partial charge in [0.2, 0.25) is 10.0 Å². The molecular formula is C17H16ClNO3S2. The Morgan fingerprint density at radius 3 is 2.54 bits per heavy atom. The first-order valence-electron chi connectivity index (χ1n) is 7.25. The molecule has 0 amide bonds. The Hall–Kier alpha value is -1.44. The van der Waals surface area contributed by atoms with Gasteiger partial charge in [-0.25, -0.2) is 13.1 Å². The summed E-state index contributed by atoms with van der Waals surface area (Å²) >= 11 is 7.39. The summed E-state index contributed by atoms with van der Waals surface area (Å²) in [5.41, 5.74) is -1.32. The average Bonchev–Trinajstić information content (AvgIpc) is 2.98. The van der Waals surface area contributed by atoms with Crippen molar-refractivity contribution in [2.45, 2.75) is 17.4 Å². The van der Waals surface area contributed by atoms with Crippen LogP contribution >= 0.6 is 22.9 Å². The number of aliphatic hydroxyl groups is 1. The van der Waals surface area contributed by atoms with Crippen LogP contribution in [0.5, 0.6) is 0 Å². The quantitative estimate of drug-likeness (QED) is 0.707. The molecule has 0 aliphatic rings. The summed E-state index contributed by atoms with van der Waals surface area (Å²) in [7, 11) is -3.80. The first-order chi connectivity index (χ1) is 11.3. The van der Waals surface area contributed by atoms with Crippen LogP contribution in [0.1, 0.15) is 11.8 Å². The molecule has 126 valence electrons. The summed E-state index contributed by atoms with van der Waals surface area (Å²) in [6.07, 6.45) is 0. The molecule has 1 atom stereocenters. The van der Waals surface area contributed by atoms with E-state index in [1.807, 2.05) is 30.3 Å². The second-order valence-electron chi connectivity index (χ2n) is 5.68. The van der Waals surface area contributed by atoms with Gasteiger partial charge in [-0.3, -0.25) is 0 Å². The first-order valence-corrected chi connectivity index (χ1v) is 9.93. The zero-order valence-electron chi connectivity index (χ0n) is 12.9. The number of fused-ring (bicyclic) bond motifs is 1. The zero-order chi connectivity index (χ0) is 17.4.